The maximum Gasteiger partial charge on any atom is 0.326 e. The highest BCUT2D eigenvalue weighted by Gasteiger charge is 2.13. The summed E-state index contributed by atoms with van der Waals surface area (Å²) in [5.74, 6) is -0.0186. The van der Waals surface area contributed by atoms with Crippen LogP contribution in [-0.4, -0.2) is 11.8 Å². The Hall–Kier alpha value is -1.02. The van der Waals surface area contributed by atoms with Gasteiger partial charge in [0.05, 0.1) is 0 Å². The standard InChI is InChI=1S/C12H15ClO2/c1-12(2,3)9-4-6-10(7-5-9)15-11(14)8-13/h4-7H,8H2,1-3H3. The van der Waals surface area contributed by atoms with Crippen LogP contribution in [0.3, 0.4) is 0 Å². The lowest BCUT2D eigenvalue weighted by molar-refractivity contribution is -0.131. The third kappa shape index (κ3) is 3.56. The summed E-state index contributed by atoms with van der Waals surface area (Å²) in [5.41, 5.74) is 1.31. The highest BCUT2D eigenvalue weighted by molar-refractivity contribution is 6.26. The van der Waals surface area contributed by atoms with Crippen LogP contribution in [0.5, 0.6) is 5.75 Å². The number of rotatable bonds is 2. The number of hydrogen-bond donors (Lipinski definition) is 0. The smallest absolute Gasteiger partial charge is 0.326 e. The summed E-state index contributed by atoms with van der Waals surface area (Å²) >= 11 is 5.33. The van der Waals surface area contributed by atoms with Crippen LogP contribution in [-0.2, 0) is 10.2 Å². The summed E-state index contributed by atoms with van der Waals surface area (Å²) in [6.45, 7) is 6.40. The van der Waals surface area contributed by atoms with Crippen LogP contribution in [0.1, 0.15) is 26.3 Å². The summed E-state index contributed by atoms with van der Waals surface area (Å²) in [4.78, 5) is 10.9. The normalized spacial score (nSPS) is 11.2. The van der Waals surface area contributed by atoms with E-state index < -0.39 is 5.97 Å². The van der Waals surface area contributed by atoms with Gasteiger partial charge in [-0.05, 0) is 23.1 Å². The molecule has 0 radical (unpaired) electrons. The fourth-order valence-corrected chi connectivity index (χ4v) is 1.24. The van der Waals surface area contributed by atoms with Gasteiger partial charge in [0.25, 0.3) is 0 Å². The second kappa shape index (κ2) is 4.67. The number of carbonyl (C=O) groups is 1. The number of ether oxygens (including phenoxy) is 1. The number of carbonyl (C=O) groups excluding carboxylic acids is 1. The summed E-state index contributed by atoms with van der Waals surface area (Å²) in [5, 5.41) is 0. The monoisotopic (exact) mass is 226 g/mol. The number of alkyl halides is 1. The van der Waals surface area contributed by atoms with Crippen molar-refractivity contribution in [2.24, 2.45) is 0 Å². The van der Waals surface area contributed by atoms with Gasteiger partial charge in [-0.25, -0.2) is 0 Å². The van der Waals surface area contributed by atoms with E-state index in [4.69, 9.17) is 16.3 Å². The average molecular weight is 227 g/mol. The predicted molar refractivity (Wildman–Crippen MR) is 61.5 cm³/mol. The second-order valence-electron chi connectivity index (χ2n) is 4.38. The Bertz CT molecular complexity index is 336. The summed E-state index contributed by atoms with van der Waals surface area (Å²) in [6, 6.07) is 7.48. The molecule has 1 rings (SSSR count). The van der Waals surface area contributed by atoms with Gasteiger partial charge in [-0.1, -0.05) is 32.9 Å². The van der Waals surface area contributed by atoms with Crippen LogP contribution in [0.4, 0.5) is 0 Å². The fourth-order valence-electron chi connectivity index (χ4n) is 1.18. The summed E-state index contributed by atoms with van der Waals surface area (Å²) in [6.07, 6.45) is 0. The van der Waals surface area contributed by atoms with Gasteiger partial charge in [-0.2, -0.15) is 0 Å². The van der Waals surface area contributed by atoms with E-state index in [1.807, 2.05) is 12.1 Å². The molecule has 0 unspecified atom stereocenters. The Morgan fingerprint density at radius 1 is 1.27 bits per heavy atom. The fraction of sp³-hybridized carbons (Fsp3) is 0.417. The molecule has 0 amide bonds. The zero-order valence-corrected chi connectivity index (χ0v) is 9.97. The molecule has 0 saturated heterocycles. The van der Waals surface area contributed by atoms with E-state index >= 15 is 0 Å². The molecule has 0 aliphatic heterocycles. The van der Waals surface area contributed by atoms with Crippen LogP contribution >= 0.6 is 11.6 Å². The molecule has 15 heavy (non-hydrogen) atoms. The van der Waals surface area contributed by atoms with Crippen molar-refractivity contribution in [1.82, 2.24) is 0 Å². The van der Waals surface area contributed by atoms with Crippen LogP contribution in [0, 0.1) is 0 Å². The van der Waals surface area contributed by atoms with Crippen molar-refractivity contribution < 1.29 is 9.53 Å². The van der Waals surface area contributed by atoms with Crippen molar-refractivity contribution >= 4 is 17.6 Å². The Labute approximate surface area is 95.2 Å². The largest absolute Gasteiger partial charge is 0.426 e. The zero-order valence-electron chi connectivity index (χ0n) is 9.21. The molecule has 3 heteroatoms. The Balaban J connectivity index is 2.77. The minimum atomic E-state index is -0.430. The van der Waals surface area contributed by atoms with Crippen molar-refractivity contribution in [3.8, 4) is 5.75 Å². The molecule has 0 aliphatic rings. The van der Waals surface area contributed by atoms with Crippen LogP contribution in [0.2, 0.25) is 0 Å². The SMILES string of the molecule is CC(C)(C)c1ccc(OC(=O)CCl)cc1. The second-order valence-corrected chi connectivity index (χ2v) is 4.65. The molecule has 1 aromatic rings. The first kappa shape index (κ1) is 12.1. The van der Waals surface area contributed by atoms with Crippen LogP contribution < -0.4 is 4.74 Å². The van der Waals surface area contributed by atoms with Crippen LogP contribution in [0.15, 0.2) is 24.3 Å². The quantitative estimate of drug-likeness (QED) is 0.440. The molecule has 2 nitrogen and oxygen atoms in total. The number of hydrogen-bond acceptors (Lipinski definition) is 2. The molecule has 0 fully saturated rings. The third-order valence-corrected chi connectivity index (χ3v) is 2.28. The number of halogens is 1. The van der Waals surface area contributed by atoms with E-state index in [-0.39, 0.29) is 11.3 Å². The first-order valence-corrected chi connectivity index (χ1v) is 5.34. The number of esters is 1. The van der Waals surface area contributed by atoms with Crippen molar-refractivity contribution in [2.45, 2.75) is 26.2 Å². The lowest BCUT2D eigenvalue weighted by Gasteiger charge is -2.18. The molecular weight excluding hydrogens is 212 g/mol. The van der Waals surface area contributed by atoms with E-state index in [0.717, 1.165) is 0 Å². The van der Waals surface area contributed by atoms with Crippen LogP contribution in [0.25, 0.3) is 0 Å². The summed E-state index contributed by atoms with van der Waals surface area (Å²) < 4.78 is 4.96. The van der Waals surface area contributed by atoms with Crippen molar-refractivity contribution in [3.05, 3.63) is 29.8 Å². The van der Waals surface area contributed by atoms with E-state index in [1.54, 1.807) is 12.1 Å². The first-order valence-electron chi connectivity index (χ1n) is 4.80. The molecule has 0 saturated carbocycles. The van der Waals surface area contributed by atoms with Gasteiger partial charge in [-0.3, -0.25) is 4.79 Å². The molecule has 82 valence electrons. The lowest BCUT2D eigenvalue weighted by Crippen LogP contribution is -2.12. The van der Waals surface area contributed by atoms with E-state index in [0.29, 0.717) is 5.75 Å². The van der Waals surface area contributed by atoms with Gasteiger partial charge in [0.15, 0.2) is 0 Å². The predicted octanol–water partition coefficient (Wildman–Crippen LogP) is 3.13. The van der Waals surface area contributed by atoms with Gasteiger partial charge >= 0.3 is 5.97 Å². The molecule has 1 aromatic carbocycles. The lowest BCUT2D eigenvalue weighted by atomic mass is 9.87. The number of benzene rings is 1. The molecule has 0 atom stereocenters. The Kier molecular flexibility index (Phi) is 3.75. The summed E-state index contributed by atoms with van der Waals surface area (Å²) in [7, 11) is 0. The minimum absolute atomic E-state index is 0.106. The van der Waals surface area contributed by atoms with Gasteiger partial charge in [-0.15, -0.1) is 11.6 Å². The highest BCUT2D eigenvalue weighted by atomic mass is 35.5. The Morgan fingerprint density at radius 2 is 1.80 bits per heavy atom. The van der Waals surface area contributed by atoms with Crippen molar-refractivity contribution in [2.75, 3.05) is 5.88 Å². The maximum absolute atomic E-state index is 10.9. The van der Waals surface area contributed by atoms with Crippen molar-refractivity contribution in [1.29, 1.82) is 0 Å². The molecule has 0 aromatic heterocycles. The Morgan fingerprint density at radius 3 is 2.20 bits per heavy atom. The topological polar surface area (TPSA) is 26.3 Å². The van der Waals surface area contributed by atoms with Crippen molar-refractivity contribution in [3.63, 3.8) is 0 Å². The molecular formula is C12H15ClO2. The molecule has 0 bridgehead atoms. The molecule has 0 heterocycles. The van der Waals surface area contributed by atoms with Gasteiger partial charge in [0.1, 0.15) is 11.6 Å². The van der Waals surface area contributed by atoms with E-state index in [2.05, 4.69) is 20.8 Å². The highest BCUT2D eigenvalue weighted by Crippen LogP contribution is 2.24. The first-order chi connectivity index (χ1) is 6.93. The minimum Gasteiger partial charge on any atom is -0.426 e. The molecule has 0 spiro atoms. The van der Waals surface area contributed by atoms with Gasteiger partial charge in [0, 0.05) is 0 Å². The average Bonchev–Trinajstić information content (AvgIpc) is 2.17. The zero-order chi connectivity index (χ0) is 11.5. The van der Waals surface area contributed by atoms with E-state index in [9.17, 15) is 4.79 Å². The van der Waals surface area contributed by atoms with Gasteiger partial charge in [0.2, 0.25) is 0 Å². The van der Waals surface area contributed by atoms with Gasteiger partial charge < -0.3 is 4.74 Å². The maximum atomic E-state index is 10.9. The van der Waals surface area contributed by atoms with E-state index in [1.165, 1.54) is 5.56 Å². The third-order valence-electron chi connectivity index (χ3n) is 2.06. The molecule has 0 N–H and O–H groups in total. The molecule has 0 aliphatic carbocycles.